The summed E-state index contributed by atoms with van der Waals surface area (Å²) in [6, 6.07) is 8.93. The van der Waals surface area contributed by atoms with Crippen LogP contribution in [0.3, 0.4) is 0 Å². The minimum absolute atomic E-state index is 0.00346. The molecule has 1 N–H and O–H groups in total. The van der Waals surface area contributed by atoms with Crippen molar-refractivity contribution in [2.24, 2.45) is 0 Å². The molecule has 2 aromatic carbocycles. The molecule has 0 aliphatic heterocycles. The van der Waals surface area contributed by atoms with Gasteiger partial charge in [0.2, 0.25) is 0 Å². The molecule has 0 radical (unpaired) electrons. The highest BCUT2D eigenvalue weighted by Gasteiger charge is 2.12. The predicted molar refractivity (Wildman–Crippen MR) is 93.9 cm³/mol. The van der Waals surface area contributed by atoms with Gasteiger partial charge in [0.25, 0.3) is 5.91 Å². The van der Waals surface area contributed by atoms with Crippen molar-refractivity contribution in [2.45, 2.75) is 6.42 Å². The number of anilines is 1. The molecule has 0 bridgehead atoms. The molecule has 0 saturated heterocycles. The highest BCUT2D eigenvalue weighted by molar-refractivity contribution is 9.10. The van der Waals surface area contributed by atoms with Gasteiger partial charge in [-0.3, -0.25) is 9.59 Å². The van der Waals surface area contributed by atoms with E-state index in [0.717, 1.165) is 0 Å². The Labute approximate surface area is 156 Å². The average molecular weight is 435 g/mol. The second kappa shape index (κ2) is 8.46. The van der Waals surface area contributed by atoms with Crippen LogP contribution in [0.15, 0.2) is 40.9 Å². The van der Waals surface area contributed by atoms with Gasteiger partial charge in [-0.05, 0) is 35.9 Å². The standard InChI is InChI=1S/C16H11BrCl2FNO3/c17-10-2-4-14(13(20)7-10)21-15(22)8-24-16(23)6-9-1-3-11(18)12(19)5-9/h1-5,7H,6,8H2,(H,21,22). The number of ether oxygens (including phenoxy) is 1. The summed E-state index contributed by atoms with van der Waals surface area (Å²) in [6.07, 6.45) is -0.0587. The van der Waals surface area contributed by atoms with Crippen molar-refractivity contribution in [3.8, 4) is 0 Å². The number of carbonyl (C=O) groups excluding carboxylic acids is 2. The molecular weight excluding hydrogens is 424 g/mol. The van der Waals surface area contributed by atoms with Gasteiger partial charge in [-0.1, -0.05) is 45.2 Å². The molecule has 0 unspecified atom stereocenters. The van der Waals surface area contributed by atoms with Gasteiger partial charge in [0.1, 0.15) is 5.82 Å². The molecule has 8 heteroatoms. The number of carbonyl (C=O) groups is 2. The molecule has 126 valence electrons. The number of amides is 1. The van der Waals surface area contributed by atoms with Crippen molar-refractivity contribution in [3.05, 3.63) is 62.3 Å². The Bertz CT molecular complexity index is 786. The predicted octanol–water partition coefficient (Wildman–Crippen LogP) is 4.62. The lowest BCUT2D eigenvalue weighted by atomic mass is 10.1. The van der Waals surface area contributed by atoms with E-state index in [1.807, 2.05) is 0 Å². The maximum Gasteiger partial charge on any atom is 0.310 e. The third-order valence-corrected chi connectivity index (χ3v) is 4.13. The van der Waals surface area contributed by atoms with E-state index in [2.05, 4.69) is 21.2 Å². The third kappa shape index (κ3) is 5.47. The van der Waals surface area contributed by atoms with Gasteiger partial charge in [-0.2, -0.15) is 0 Å². The van der Waals surface area contributed by atoms with Crippen molar-refractivity contribution >= 4 is 56.7 Å². The molecular formula is C16H11BrCl2FNO3. The minimum Gasteiger partial charge on any atom is -0.455 e. The molecule has 24 heavy (non-hydrogen) atoms. The third-order valence-electron chi connectivity index (χ3n) is 2.90. The minimum atomic E-state index is -0.640. The summed E-state index contributed by atoms with van der Waals surface area (Å²) in [7, 11) is 0. The molecule has 0 fully saturated rings. The zero-order valence-electron chi connectivity index (χ0n) is 12.1. The van der Waals surface area contributed by atoms with Crippen molar-refractivity contribution < 1.29 is 18.7 Å². The molecule has 2 aromatic rings. The molecule has 0 spiro atoms. The fraction of sp³-hybridized carbons (Fsp3) is 0.125. The molecule has 0 aromatic heterocycles. The van der Waals surface area contributed by atoms with Crippen molar-refractivity contribution in [2.75, 3.05) is 11.9 Å². The first-order chi connectivity index (χ1) is 11.3. The zero-order chi connectivity index (χ0) is 17.7. The van der Waals surface area contributed by atoms with Crippen LogP contribution < -0.4 is 5.32 Å². The Morgan fingerprint density at radius 3 is 2.54 bits per heavy atom. The largest absolute Gasteiger partial charge is 0.455 e. The second-order valence-electron chi connectivity index (χ2n) is 4.76. The lowest BCUT2D eigenvalue weighted by molar-refractivity contribution is -0.146. The highest BCUT2D eigenvalue weighted by Crippen LogP contribution is 2.23. The van der Waals surface area contributed by atoms with E-state index >= 15 is 0 Å². The second-order valence-corrected chi connectivity index (χ2v) is 6.49. The molecule has 1 amide bonds. The van der Waals surface area contributed by atoms with E-state index in [1.165, 1.54) is 12.1 Å². The summed E-state index contributed by atoms with van der Waals surface area (Å²) in [6.45, 7) is -0.518. The number of hydrogen-bond acceptors (Lipinski definition) is 3. The molecule has 0 heterocycles. The van der Waals surface area contributed by atoms with Gasteiger partial charge in [-0.15, -0.1) is 0 Å². The van der Waals surface area contributed by atoms with E-state index < -0.39 is 24.3 Å². The topological polar surface area (TPSA) is 55.4 Å². The highest BCUT2D eigenvalue weighted by atomic mass is 79.9. The van der Waals surface area contributed by atoms with E-state index in [9.17, 15) is 14.0 Å². The molecule has 4 nitrogen and oxygen atoms in total. The maximum absolute atomic E-state index is 13.6. The number of hydrogen-bond donors (Lipinski definition) is 1. The molecule has 0 atom stereocenters. The fourth-order valence-electron chi connectivity index (χ4n) is 1.79. The smallest absolute Gasteiger partial charge is 0.310 e. The van der Waals surface area contributed by atoms with E-state index in [0.29, 0.717) is 20.1 Å². The molecule has 0 aliphatic carbocycles. The normalized spacial score (nSPS) is 10.3. The van der Waals surface area contributed by atoms with E-state index in [1.54, 1.807) is 24.3 Å². The van der Waals surface area contributed by atoms with Gasteiger partial charge >= 0.3 is 5.97 Å². The van der Waals surface area contributed by atoms with Crippen LogP contribution in [0.5, 0.6) is 0 Å². The van der Waals surface area contributed by atoms with Gasteiger partial charge in [-0.25, -0.2) is 4.39 Å². The summed E-state index contributed by atoms with van der Waals surface area (Å²) >= 11 is 14.8. The quantitative estimate of drug-likeness (QED) is 0.698. The molecule has 2 rings (SSSR count). The van der Waals surface area contributed by atoms with Crippen molar-refractivity contribution in [1.29, 1.82) is 0 Å². The molecule has 0 aliphatic rings. The Hall–Kier alpha value is -1.63. The van der Waals surface area contributed by atoms with E-state index in [4.69, 9.17) is 27.9 Å². The first-order valence-corrected chi connectivity index (χ1v) is 8.24. The Morgan fingerprint density at radius 2 is 1.88 bits per heavy atom. The van der Waals surface area contributed by atoms with Crippen LogP contribution in [0.1, 0.15) is 5.56 Å². The zero-order valence-corrected chi connectivity index (χ0v) is 15.2. The van der Waals surface area contributed by atoms with Crippen LogP contribution >= 0.6 is 39.1 Å². The number of nitrogens with one attached hydrogen (secondary N) is 1. The van der Waals surface area contributed by atoms with Gasteiger partial charge in [0.05, 0.1) is 22.2 Å². The number of rotatable bonds is 5. The number of esters is 1. The summed E-state index contributed by atoms with van der Waals surface area (Å²) in [5.41, 5.74) is 0.609. The van der Waals surface area contributed by atoms with Crippen LogP contribution in [0.25, 0.3) is 0 Å². The van der Waals surface area contributed by atoms with Crippen molar-refractivity contribution in [1.82, 2.24) is 0 Å². The summed E-state index contributed by atoms with van der Waals surface area (Å²) in [5.74, 6) is -1.85. The lowest BCUT2D eigenvalue weighted by Gasteiger charge is -2.08. The van der Waals surface area contributed by atoms with E-state index in [-0.39, 0.29) is 12.1 Å². The lowest BCUT2D eigenvalue weighted by Crippen LogP contribution is -2.22. The summed E-state index contributed by atoms with van der Waals surface area (Å²) < 4.78 is 19.0. The Balaban J connectivity index is 1.84. The van der Waals surface area contributed by atoms with Gasteiger partial charge in [0, 0.05) is 4.47 Å². The first-order valence-electron chi connectivity index (χ1n) is 6.69. The van der Waals surface area contributed by atoms with Crippen LogP contribution in [-0.4, -0.2) is 18.5 Å². The summed E-state index contributed by atoms with van der Waals surface area (Å²) in [4.78, 5) is 23.4. The monoisotopic (exact) mass is 433 g/mol. The average Bonchev–Trinajstić information content (AvgIpc) is 2.52. The number of halogens is 4. The van der Waals surface area contributed by atoms with Crippen LogP contribution in [0.4, 0.5) is 10.1 Å². The first kappa shape index (κ1) is 18.7. The van der Waals surface area contributed by atoms with Crippen molar-refractivity contribution in [3.63, 3.8) is 0 Å². The van der Waals surface area contributed by atoms with Gasteiger partial charge < -0.3 is 10.1 Å². The summed E-state index contributed by atoms with van der Waals surface area (Å²) in [5, 5.41) is 3.03. The molecule has 0 saturated carbocycles. The van der Waals surface area contributed by atoms with Crippen LogP contribution in [0.2, 0.25) is 10.0 Å². The Morgan fingerprint density at radius 1 is 1.12 bits per heavy atom. The maximum atomic E-state index is 13.6. The van der Waals surface area contributed by atoms with Gasteiger partial charge in [0.15, 0.2) is 6.61 Å². The fourth-order valence-corrected chi connectivity index (χ4v) is 2.44. The van der Waals surface area contributed by atoms with Crippen LogP contribution in [0, 0.1) is 5.82 Å². The number of benzene rings is 2. The SMILES string of the molecule is O=C(COC(=O)Cc1ccc(Cl)c(Cl)c1)Nc1ccc(Br)cc1F. The Kier molecular flexibility index (Phi) is 6.60. The van der Waals surface area contributed by atoms with Crippen LogP contribution in [-0.2, 0) is 20.7 Å².